The number of methoxy groups -OCH3 is 3. The quantitative estimate of drug-likeness (QED) is 0.816. The lowest BCUT2D eigenvalue weighted by molar-refractivity contribution is -0.116. The topological polar surface area (TPSA) is 68.8 Å². The zero-order chi connectivity index (χ0) is 17.5. The van der Waals surface area contributed by atoms with Gasteiger partial charge in [-0.3, -0.25) is 4.79 Å². The number of carbonyl (C=O) groups excluding carboxylic acids is 1. The third-order valence-corrected chi connectivity index (χ3v) is 3.53. The summed E-state index contributed by atoms with van der Waals surface area (Å²) in [7, 11) is 4.76. The van der Waals surface area contributed by atoms with Crippen molar-refractivity contribution in [1.82, 2.24) is 0 Å². The largest absolute Gasteiger partial charge is 0.497 e. The van der Waals surface area contributed by atoms with Gasteiger partial charge in [-0.15, -0.1) is 0 Å². The molecule has 0 spiro atoms. The SMILES string of the molecule is COc1ccc(NC(=O)C(C)Nc2ccc(OC)cc2OC)cc1. The molecule has 0 fully saturated rings. The van der Waals surface area contributed by atoms with Crippen molar-refractivity contribution in [2.24, 2.45) is 0 Å². The van der Waals surface area contributed by atoms with E-state index in [4.69, 9.17) is 14.2 Å². The molecular formula is C18H22N2O4. The molecular weight excluding hydrogens is 308 g/mol. The second kappa shape index (κ2) is 8.10. The van der Waals surface area contributed by atoms with Gasteiger partial charge >= 0.3 is 0 Å². The Hall–Kier alpha value is -2.89. The summed E-state index contributed by atoms with van der Waals surface area (Å²) in [4.78, 5) is 12.3. The lowest BCUT2D eigenvalue weighted by atomic mass is 10.2. The lowest BCUT2D eigenvalue weighted by Gasteiger charge is -2.18. The lowest BCUT2D eigenvalue weighted by Crippen LogP contribution is -2.32. The predicted octanol–water partition coefficient (Wildman–Crippen LogP) is 3.15. The first-order chi connectivity index (χ1) is 11.6. The molecule has 0 saturated heterocycles. The molecule has 2 aromatic rings. The molecule has 1 atom stereocenters. The van der Waals surface area contributed by atoms with Crippen molar-refractivity contribution in [3.63, 3.8) is 0 Å². The molecule has 0 aliphatic carbocycles. The van der Waals surface area contributed by atoms with Gasteiger partial charge in [0, 0.05) is 11.8 Å². The van der Waals surface area contributed by atoms with Gasteiger partial charge < -0.3 is 24.8 Å². The van der Waals surface area contributed by atoms with E-state index < -0.39 is 6.04 Å². The van der Waals surface area contributed by atoms with Crippen molar-refractivity contribution < 1.29 is 19.0 Å². The van der Waals surface area contributed by atoms with Gasteiger partial charge in [0.15, 0.2) is 0 Å². The minimum atomic E-state index is -0.450. The molecule has 0 aliphatic heterocycles. The zero-order valence-electron chi connectivity index (χ0n) is 14.3. The number of hydrogen-bond acceptors (Lipinski definition) is 5. The molecule has 128 valence electrons. The van der Waals surface area contributed by atoms with Crippen LogP contribution >= 0.6 is 0 Å². The van der Waals surface area contributed by atoms with E-state index in [-0.39, 0.29) is 5.91 Å². The molecule has 1 amide bonds. The first-order valence-electron chi connectivity index (χ1n) is 7.51. The second-order valence-corrected chi connectivity index (χ2v) is 5.15. The number of hydrogen-bond donors (Lipinski definition) is 2. The fraction of sp³-hybridized carbons (Fsp3) is 0.278. The van der Waals surface area contributed by atoms with Crippen LogP contribution in [0.25, 0.3) is 0 Å². The highest BCUT2D eigenvalue weighted by atomic mass is 16.5. The van der Waals surface area contributed by atoms with Crippen molar-refractivity contribution in [3.8, 4) is 17.2 Å². The van der Waals surface area contributed by atoms with E-state index in [1.807, 2.05) is 6.07 Å². The Bertz CT molecular complexity index is 686. The summed E-state index contributed by atoms with van der Waals surface area (Å²) in [5.41, 5.74) is 1.42. The Balaban J connectivity index is 2.02. The summed E-state index contributed by atoms with van der Waals surface area (Å²) in [5, 5.41) is 5.99. The Morgan fingerprint density at radius 3 is 2.12 bits per heavy atom. The van der Waals surface area contributed by atoms with Crippen molar-refractivity contribution in [1.29, 1.82) is 0 Å². The monoisotopic (exact) mass is 330 g/mol. The van der Waals surface area contributed by atoms with Gasteiger partial charge in [0.1, 0.15) is 23.3 Å². The van der Waals surface area contributed by atoms with Gasteiger partial charge in [-0.05, 0) is 43.3 Å². The number of amides is 1. The molecule has 0 bridgehead atoms. The van der Waals surface area contributed by atoms with E-state index in [9.17, 15) is 4.79 Å². The van der Waals surface area contributed by atoms with E-state index >= 15 is 0 Å². The number of rotatable bonds is 7. The van der Waals surface area contributed by atoms with Crippen LogP contribution in [0, 0.1) is 0 Å². The first-order valence-corrected chi connectivity index (χ1v) is 7.51. The summed E-state index contributed by atoms with van der Waals surface area (Å²) < 4.78 is 15.6. The summed E-state index contributed by atoms with van der Waals surface area (Å²) >= 11 is 0. The number of benzene rings is 2. The maximum Gasteiger partial charge on any atom is 0.246 e. The van der Waals surface area contributed by atoms with Gasteiger partial charge in [0.2, 0.25) is 5.91 Å². The molecule has 6 nitrogen and oxygen atoms in total. The molecule has 0 aromatic heterocycles. The number of ether oxygens (including phenoxy) is 3. The standard InChI is InChI=1S/C18H22N2O4/c1-12(18(21)20-13-5-7-14(22-2)8-6-13)19-16-10-9-15(23-3)11-17(16)24-4/h5-12,19H,1-4H3,(H,20,21). The van der Waals surface area contributed by atoms with Crippen molar-refractivity contribution in [3.05, 3.63) is 42.5 Å². The van der Waals surface area contributed by atoms with Crippen LogP contribution in [0.4, 0.5) is 11.4 Å². The summed E-state index contributed by atoms with van der Waals surface area (Å²) in [6, 6.07) is 12.1. The van der Waals surface area contributed by atoms with Crippen LogP contribution < -0.4 is 24.8 Å². The molecule has 0 heterocycles. The van der Waals surface area contributed by atoms with Crippen LogP contribution in [0.15, 0.2) is 42.5 Å². The first kappa shape index (κ1) is 17.5. The van der Waals surface area contributed by atoms with Gasteiger partial charge in [0.05, 0.1) is 27.0 Å². The number of anilines is 2. The van der Waals surface area contributed by atoms with Gasteiger partial charge in [-0.25, -0.2) is 0 Å². The Kier molecular flexibility index (Phi) is 5.89. The highest BCUT2D eigenvalue weighted by Crippen LogP contribution is 2.29. The average molecular weight is 330 g/mol. The molecule has 2 N–H and O–H groups in total. The maximum atomic E-state index is 12.3. The Morgan fingerprint density at radius 1 is 0.917 bits per heavy atom. The molecule has 0 radical (unpaired) electrons. The van der Waals surface area contributed by atoms with Gasteiger partial charge in [0.25, 0.3) is 0 Å². The van der Waals surface area contributed by atoms with Crippen LogP contribution in [0.5, 0.6) is 17.2 Å². The number of nitrogens with one attached hydrogen (secondary N) is 2. The molecule has 0 aliphatic rings. The smallest absolute Gasteiger partial charge is 0.246 e. The van der Waals surface area contributed by atoms with E-state index in [1.165, 1.54) is 0 Å². The molecule has 2 aromatic carbocycles. The molecule has 2 rings (SSSR count). The van der Waals surface area contributed by atoms with E-state index in [0.717, 1.165) is 11.4 Å². The van der Waals surface area contributed by atoms with E-state index in [0.29, 0.717) is 17.2 Å². The average Bonchev–Trinajstić information content (AvgIpc) is 2.62. The van der Waals surface area contributed by atoms with Crippen LogP contribution in [0.3, 0.4) is 0 Å². The normalized spacial score (nSPS) is 11.3. The van der Waals surface area contributed by atoms with Gasteiger partial charge in [-0.2, -0.15) is 0 Å². The molecule has 24 heavy (non-hydrogen) atoms. The zero-order valence-corrected chi connectivity index (χ0v) is 14.3. The minimum absolute atomic E-state index is 0.155. The highest BCUT2D eigenvalue weighted by molar-refractivity contribution is 5.96. The maximum absolute atomic E-state index is 12.3. The summed E-state index contributed by atoms with van der Waals surface area (Å²) in [5.74, 6) is 1.88. The third-order valence-electron chi connectivity index (χ3n) is 3.53. The molecule has 0 saturated carbocycles. The highest BCUT2D eigenvalue weighted by Gasteiger charge is 2.15. The van der Waals surface area contributed by atoms with E-state index in [1.54, 1.807) is 64.7 Å². The predicted molar refractivity (Wildman–Crippen MR) is 94.3 cm³/mol. The summed E-state index contributed by atoms with van der Waals surface area (Å²) in [6.45, 7) is 1.78. The van der Waals surface area contributed by atoms with Crippen LogP contribution in [-0.4, -0.2) is 33.3 Å². The molecule has 1 unspecified atom stereocenters. The van der Waals surface area contributed by atoms with Crippen LogP contribution in [0.1, 0.15) is 6.92 Å². The van der Waals surface area contributed by atoms with Crippen molar-refractivity contribution in [2.45, 2.75) is 13.0 Å². The van der Waals surface area contributed by atoms with Crippen LogP contribution in [0.2, 0.25) is 0 Å². The second-order valence-electron chi connectivity index (χ2n) is 5.15. The Labute approximate surface area is 141 Å². The van der Waals surface area contributed by atoms with Crippen molar-refractivity contribution in [2.75, 3.05) is 32.0 Å². The summed E-state index contributed by atoms with van der Waals surface area (Å²) in [6.07, 6.45) is 0. The Morgan fingerprint density at radius 2 is 1.54 bits per heavy atom. The fourth-order valence-electron chi connectivity index (χ4n) is 2.14. The number of carbonyl (C=O) groups is 1. The van der Waals surface area contributed by atoms with Crippen LogP contribution in [-0.2, 0) is 4.79 Å². The third kappa shape index (κ3) is 4.32. The van der Waals surface area contributed by atoms with Gasteiger partial charge in [-0.1, -0.05) is 0 Å². The fourth-order valence-corrected chi connectivity index (χ4v) is 2.14. The van der Waals surface area contributed by atoms with Crippen molar-refractivity contribution >= 4 is 17.3 Å². The molecule has 6 heteroatoms. The minimum Gasteiger partial charge on any atom is -0.497 e. The van der Waals surface area contributed by atoms with E-state index in [2.05, 4.69) is 10.6 Å².